The number of halogens is 3. The van der Waals surface area contributed by atoms with E-state index in [0.29, 0.717) is 19.4 Å². The van der Waals surface area contributed by atoms with Gasteiger partial charge in [0.25, 0.3) is 0 Å². The molecule has 0 aliphatic heterocycles. The lowest BCUT2D eigenvalue weighted by atomic mass is 9.98. The number of nitrogens with one attached hydrogen (secondary N) is 2. The molecule has 0 bridgehead atoms. The van der Waals surface area contributed by atoms with Crippen LogP contribution in [-0.4, -0.2) is 28.0 Å². The highest BCUT2D eigenvalue weighted by Gasteiger charge is 2.46. The van der Waals surface area contributed by atoms with Gasteiger partial charge in [0.2, 0.25) is 0 Å². The number of nitrogens with zero attached hydrogens (tertiary/aromatic N) is 3. The Morgan fingerprint density at radius 1 is 1.48 bits per heavy atom. The van der Waals surface area contributed by atoms with Crippen molar-refractivity contribution < 1.29 is 18.0 Å². The second-order valence-electron chi connectivity index (χ2n) is 5.53. The van der Waals surface area contributed by atoms with E-state index in [1.165, 1.54) is 10.7 Å². The molecule has 6 nitrogen and oxygen atoms in total. The summed E-state index contributed by atoms with van der Waals surface area (Å²) in [6, 6.07) is 0.654. The fourth-order valence-corrected chi connectivity index (χ4v) is 2.77. The molecule has 1 aliphatic carbocycles. The summed E-state index contributed by atoms with van der Waals surface area (Å²) in [5.74, 6) is -0.429. The first-order chi connectivity index (χ1) is 10.9. The number of rotatable bonds is 5. The molecule has 2 N–H and O–H groups in total. The minimum absolute atomic E-state index is 0.146. The normalized spacial score (nSPS) is 16.8. The maximum atomic E-state index is 13.1. The molecule has 23 heavy (non-hydrogen) atoms. The lowest BCUT2D eigenvalue weighted by molar-refractivity contribution is -0.164. The van der Waals surface area contributed by atoms with Gasteiger partial charge in [-0.05, 0) is 18.8 Å². The molecule has 2 rings (SSSR count). The Morgan fingerprint density at radius 2 is 2.17 bits per heavy atom. The molecule has 1 heterocycles. The summed E-state index contributed by atoms with van der Waals surface area (Å²) in [5, 5.41) is 16.8. The van der Waals surface area contributed by atoms with Crippen molar-refractivity contribution in [2.75, 3.05) is 5.32 Å². The number of aromatic nitrogens is 2. The van der Waals surface area contributed by atoms with Crippen LogP contribution in [-0.2, 0) is 6.54 Å². The van der Waals surface area contributed by atoms with Crippen LogP contribution in [0.4, 0.5) is 23.8 Å². The van der Waals surface area contributed by atoms with E-state index in [0.717, 1.165) is 12.8 Å². The molecule has 0 unspecified atom stereocenters. The molecule has 0 radical (unpaired) electrons. The van der Waals surface area contributed by atoms with Crippen LogP contribution in [0.25, 0.3) is 0 Å². The topological polar surface area (TPSA) is 82.7 Å². The Balaban J connectivity index is 1.93. The quantitative estimate of drug-likeness (QED) is 0.871. The van der Waals surface area contributed by atoms with Gasteiger partial charge in [-0.1, -0.05) is 12.8 Å². The molecule has 2 amide bonds. The molecule has 1 aromatic heterocycles. The summed E-state index contributed by atoms with van der Waals surface area (Å²) in [4.78, 5) is 11.8. The summed E-state index contributed by atoms with van der Waals surface area (Å²) < 4.78 is 40.8. The highest BCUT2D eigenvalue weighted by molar-refractivity contribution is 5.88. The Labute approximate surface area is 131 Å². The predicted molar refractivity (Wildman–Crippen MR) is 76.4 cm³/mol. The van der Waals surface area contributed by atoms with E-state index < -0.39 is 24.2 Å². The summed E-state index contributed by atoms with van der Waals surface area (Å²) in [6.07, 6.45) is -0.233. The van der Waals surface area contributed by atoms with Crippen LogP contribution in [0, 0.1) is 17.2 Å². The molecule has 126 valence electrons. The van der Waals surface area contributed by atoms with Gasteiger partial charge in [-0.2, -0.15) is 23.5 Å². The highest BCUT2D eigenvalue weighted by atomic mass is 19.4. The largest absolute Gasteiger partial charge is 0.408 e. The zero-order chi connectivity index (χ0) is 16.9. The van der Waals surface area contributed by atoms with E-state index in [1.54, 1.807) is 6.20 Å². The summed E-state index contributed by atoms with van der Waals surface area (Å²) in [5.41, 5.74) is 0. The minimum atomic E-state index is -4.47. The van der Waals surface area contributed by atoms with E-state index in [-0.39, 0.29) is 12.2 Å². The van der Waals surface area contributed by atoms with Crippen LogP contribution in [0.5, 0.6) is 0 Å². The summed E-state index contributed by atoms with van der Waals surface area (Å²) in [7, 11) is 0. The van der Waals surface area contributed by atoms with Crippen molar-refractivity contribution in [3.05, 3.63) is 12.3 Å². The standard InChI is InChI=1S/C14H18F3N5O/c15-14(16,17)12(10-4-1-2-5-10)20-13(23)19-11-6-9-22(21-11)8-3-7-18/h6,9-10,12H,1-5,8H2,(H2,19,20,21,23)/t12-/m0/s1. The first kappa shape index (κ1) is 17.1. The molecule has 0 spiro atoms. The van der Waals surface area contributed by atoms with Crippen molar-refractivity contribution in [1.29, 1.82) is 5.26 Å². The molecule has 1 fully saturated rings. The molecular weight excluding hydrogens is 311 g/mol. The van der Waals surface area contributed by atoms with Gasteiger partial charge in [-0.25, -0.2) is 4.79 Å². The van der Waals surface area contributed by atoms with Crippen molar-refractivity contribution in [3.8, 4) is 6.07 Å². The molecule has 1 atom stereocenters. The van der Waals surface area contributed by atoms with E-state index in [4.69, 9.17) is 5.26 Å². The Bertz CT molecular complexity index is 572. The van der Waals surface area contributed by atoms with Gasteiger partial charge in [0.1, 0.15) is 6.04 Å². The summed E-state index contributed by atoms with van der Waals surface area (Å²) in [6.45, 7) is 0.354. The molecule has 0 saturated heterocycles. The lowest BCUT2D eigenvalue weighted by Gasteiger charge is -2.26. The number of hydrogen-bond donors (Lipinski definition) is 2. The molecule has 1 saturated carbocycles. The van der Waals surface area contributed by atoms with E-state index in [1.807, 2.05) is 11.4 Å². The van der Waals surface area contributed by atoms with Gasteiger partial charge < -0.3 is 5.32 Å². The van der Waals surface area contributed by atoms with Crippen LogP contribution >= 0.6 is 0 Å². The zero-order valence-electron chi connectivity index (χ0n) is 12.4. The Kier molecular flexibility index (Phi) is 5.47. The zero-order valence-corrected chi connectivity index (χ0v) is 12.4. The van der Waals surface area contributed by atoms with E-state index in [2.05, 4.69) is 10.4 Å². The number of nitriles is 1. The number of amides is 2. The predicted octanol–water partition coefficient (Wildman–Crippen LogP) is 3.04. The fraction of sp³-hybridized carbons (Fsp3) is 0.643. The third-order valence-corrected chi connectivity index (χ3v) is 3.85. The van der Waals surface area contributed by atoms with Crippen molar-refractivity contribution in [1.82, 2.24) is 15.1 Å². The summed E-state index contributed by atoms with van der Waals surface area (Å²) >= 11 is 0. The molecular formula is C14H18F3N5O. The fourth-order valence-electron chi connectivity index (χ4n) is 2.77. The van der Waals surface area contributed by atoms with E-state index >= 15 is 0 Å². The van der Waals surface area contributed by atoms with Crippen LogP contribution in [0.15, 0.2) is 12.3 Å². The maximum absolute atomic E-state index is 13.1. The van der Waals surface area contributed by atoms with Gasteiger partial charge in [-0.3, -0.25) is 10.00 Å². The van der Waals surface area contributed by atoms with Crippen LogP contribution in [0.1, 0.15) is 32.1 Å². The number of carbonyl (C=O) groups is 1. The average Bonchev–Trinajstić information content (AvgIpc) is 3.13. The Hall–Kier alpha value is -2.24. The first-order valence-electron chi connectivity index (χ1n) is 7.45. The van der Waals surface area contributed by atoms with Gasteiger partial charge in [0, 0.05) is 12.3 Å². The third kappa shape index (κ3) is 4.87. The monoisotopic (exact) mass is 329 g/mol. The molecule has 1 aliphatic rings. The first-order valence-corrected chi connectivity index (χ1v) is 7.45. The number of urea groups is 1. The smallest absolute Gasteiger partial charge is 0.326 e. The van der Waals surface area contributed by atoms with Crippen LogP contribution < -0.4 is 10.6 Å². The van der Waals surface area contributed by atoms with Crippen molar-refractivity contribution in [3.63, 3.8) is 0 Å². The number of alkyl halides is 3. The minimum Gasteiger partial charge on any atom is -0.326 e. The number of carbonyl (C=O) groups excluding carboxylic acids is 1. The molecule has 0 aromatic carbocycles. The molecule has 9 heteroatoms. The van der Waals surface area contributed by atoms with E-state index in [9.17, 15) is 18.0 Å². The highest BCUT2D eigenvalue weighted by Crippen LogP contribution is 2.35. The third-order valence-electron chi connectivity index (χ3n) is 3.85. The van der Waals surface area contributed by atoms with Crippen LogP contribution in [0.2, 0.25) is 0 Å². The van der Waals surface area contributed by atoms with Gasteiger partial charge in [-0.15, -0.1) is 0 Å². The van der Waals surface area contributed by atoms with Crippen LogP contribution in [0.3, 0.4) is 0 Å². The van der Waals surface area contributed by atoms with Gasteiger partial charge in [0.15, 0.2) is 5.82 Å². The van der Waals surface area contributed by atoms with Gasteiger partial charge >= 0.3 is 12.2 Å². The second kappa shape index (κ2) is 7.35. The average molecular weight is 329 g/mol. The lowest BCUT2D eigenvalue weighted by Crippen LogP contribution is -2.50. The van der Waals surface area contributed by atoms with Gasteiger partial charge in [0.05, 0.1) is 19.0 Å². The number of hydrogen-bond acceptors (Lipinski definition) is 3. The second-order valence-corrected chi connectivity index (χ2v) is 5.53. The Morgan fingerprint density at radius 3 is 2.78 bits per heavy atom. The molecule has 1 aromatic rings. The number of aryl methyl sites for hydroxylation is 1. The SMILES string of the molecule is N#CCCn1ccc(NC(=O)N[C@@H](C2CCCC2)C(F)(F)F)n1. The van der Waals surface area contributed by atoms with Crippen molar-refractivity contribution in [2.45, 2.75) is 50.9 Å². The van der Waals surface area contributed by atoms with Crippen molar-refractivity contribution in [2.24, 2.45) is 5.92 Å². The van der Waals surface area contributed by atoms with Crippen molar-refractivity contribution >= 4 is 11.8 Å². The number of anilines is 1. The maximum Gasteiger partial charge on any atom is 0.408 e.